The molecule has 0 bridgehead atoms. The van der Waals surface area contributed by atoms with Gasteiger partial charge in [-0.15, -0.1) is 0 Å². The Hall–Kier alpha value is -2.62. The molecule has 0 unspecified atom stereocenters. The van der Waals surface area contributed by atoms with Gasteiger partial charge in [0.15, 0.2) is 0 Å². The van der Waals surface area contributed by atoms with Crippen molar-refractivity contribution < 1.29 is 9.18 Å². The molecule has 118 valence electrons. The monoisotopic (exact) mass is 310 g/mol. The van der Waals surface area contributed by atoms with Crippen LogP contribution in [-0.2, 0) is 13.5 Å². The second kappa shape index (κ2) is 6.24. The van der Waals surface area contributed by atoms with Crippen LogP contribution < -0.4 is 5.32 Å². The molecule has 4 heteroatoms. The Labute approximate surface area is 134 Å². The summed E-state index contributed by atoms with van der Waals surface area (Å²) in [6.45, 7) is 2.51. The summed E-state index contributed by atoms with van der Waals surface area (Å²) in [5.74, 6) is -0.363. The number of para-hydroxylation sites is 1. The number of aromatic nitrogens is 1. The Bertz CT molecular complexity index is 867. The van der Waals surface area contributed by atoms with E-state index in [0.29, 0.717) is 18.7 Å². The minimum Gasteiger partial charge on any atom is -0.350 e. The van der Waals surface area contributed by atoms with Crippen LogP contribution in [0.2, 0.25) is 0 Å². The number of aryl methyl sites for hydroxylation is 2. The highest BCUT2D eigenvalue weighted by Crippen LogP contribution is 2.21. The van der Waals surface area contributed by atoms with Crippen LogP contribution in [0.1, 0.15) is 21.6 Å². The lowest BCUT2D eigenvalue weighted by atomic mass is 10.1. The summed E-state index contributed by atoms with van der Waals surface area (Å²) in [4.78, 5) is 12.4. The molecule has 0 fully saturated rings. The molecule has 1 heterocycles. The summed E-state index contributed by atoms with van der Waals surface area (Å²) >= 11 is 0. The molecule has 1 amide bonds. The molecule has 1 aromatic heterocycles. The van der Waals surface area contributed by atoms with Crippen LogP contribution in [0.3, 0.4) is 0 Å². The average Bonchev–Trinajstić information content (AvgIpc) is 2.86. The third kappa shape index (κ3) is 3.11. The maximum Gasteiger partial charge on any atom is 0.267 e. The zero-order valence-corrected chi connectivity index (χ0v) is 13.3. The van der Waals surface area contributed by atoms with E-state index >= 15 is 0 Å². The second-order valence-corrected chi connectivity index (χ2v) is 5.74. The normalized spacial score (nSPS) is 10.9. The van der Waals surface area contributed by atoms with Crippen molar-refractivity contribution in [3.63, 3.8) is 0 Å². The predicted molar refractivity (Wildman–Crippen MR) is 90.1 cm³/mol. The third-order valence-corrected chi connectivity index (χ3v) is 4.08. The first-order valence-corrected chi connectivity index (χ1v) is 7.64. The van der Waals surface area contributed by atoms with Crippen LogP contribution >= 0.6 is 0 Å². The Balaban J connectivity index is 1.71. The van der Waals surface area contributed by atoms with Gasteiger partial charge in [-0.3, -0.25) is 4.79 Å². The molecular weight excluding hydrogens is 291 g/mol. The first-order valence-electron chi connectivity index (χ1n) is 7.64. The van der Waals surface area contributed by atoms with Crippen molar-refractivity contribution in [2.75, 3.05) is 6.54 Å². The van der Waals surface area contributed by atoms with Gasteiger partial charge in [-0.1, -0.05) is 30.3 Å². The highest BCUT2D eigenvalue weighted by atomic mass is 19.1. The summed E-state index contributed by atoms with van der Waals surface area (Å²) in [6.07, 6.45) is 0.604. The number of hydrogen-bond donors (Lipinski definition) is 1. The quantitative estimate of drug-likeness (QED) is 0.785. The fraction of sp³-hybridized carbons (Fsp3) is 0.211. The van der Waals surface area contributed by atoms with E-state index in [9.17, 15) is 9.18 Å². The van der Waals surface area contributed by atoms with Gasteiger partial charge in [0.2, 0.25) is 0 Å². The van der Waals surface area contributed by atoms with E-state index in [2.05, 4.69) is 5.32 Å². The van der Waals surface area contributed by atoms with Crippen LogP contribution in [0.4, 0.5) is 4.39 Å². The first kappa shape index (κ1) is 15.3. The lowest BCUT2D eigenvalue weighted by molar-refractivity contribution is 0.0946. The number of nitrogens with zero attached hydrogens (tertiary/aromatic N) is 1. The smallest absolute Gasteiger partial charge is 0.267 e. The predicted octanol–water partition coefficient (Wildman–Crippen LogP) is 3.60. The third-order valence-electron chi connectivity index (χ3n) is 4.08. The van der Waals surface area contributed by atoms with Gasteiger partial charge in [-0.2, -0.15) is 0 Å². The maximum atomic E-state index is 13.1. The van der Waals surface area contributed by atoms with E-state index in [4.69, 9.17) is 0 Å². The highest BCUT2D eigenvalue weighted by Gasteiger charge is 2.13. The lowest BCUT2D eigenvalue weighted by Crippen LogP contribution is -2.27. The van der Waals surface area contributed by atoms with E-state index < -0.39 is 0 Å². The van der Waals surface area contributed by atoms with Crippen molar-refractivity contribution in [2.24, 2.45) is 7.05 Å². The number of hydrogen-bond acceptors (Lipinski definition) is 1. The van der Waals surface area contributed by atoms with Gasteiger partial charge in [0.25, 0.3) is 5.91 Å². The van der Waals surface area contributed by atoms with Gasteiger partial charge < -0.3 is 9.88 Å². The zero-order valence-electron chi connectivity index (χ0n) is 13.3. The standard InChI is InChI=1S/C19H19FN2O/c1-13-5-3-7-15-12-17(22(2)18(13)15)19(23)21-10-9-14-6-4-8-16(20)11-14/h3-8,11-12H,9-10H2,1-2H3,(H,21,23). The second-order valence-electron chi connectivity index (χ2n) is 5.74. The lowest BCUT2D eigenvalue weighted by Gasteiger charge is -2.07. The zero-order chi connectivity index (χ0) is 16.4. The first-order chi connectivity index (χ1) is 11.1. The molecule has 0 spiro atoms. The van der Waals surface area contributed by atoms with Gasteiger partial charge in [0, 0.05) is 19.0 Å². The highest BCUT2D eigenvalue weighted by molar-refractivity contribution is 5.99. The largest absolute Gasteiger partial charge is 0.350 e. The number of fused-ring (bicyclic) bond motifs is 1. The van der Waals surface area contributed by atoms with Crippen molar-refractivity contribution in [2.45, 2.75) is 13.3 Å². The number of rotatable bonds is 4. The van der Waals surface area contributed by atoms with Gasteiger partial charge in [0.1, 0.15) is 11.5 Å². The van der Waals surface area contributed by atoms with E-state index in [1.807, 2.05) is 48.9 Å². The van der Waals surface area contributed by atoms with Crippen molar-refractivity contribution >= 4 is 16.8 Å². The molecule has 0 radical (unpaired) electrons. The molecule has 3 aromatic rings. The summed E-state index contributed by atoms with van der Waals surface area (Å²) in [5, 5.41) is 3.96. The molecule has 0 aliphatic heterocycles. The van der Waals surface area contributed by atoms with Crippen molar-refractivity contribution in [1.29, 1.82) is 0 Å². The fourth-order valence-corrected chi connectivity index (χ4v) is 2.94. The van der Waals surface area contributed by atoms with E-state index in [1.54, 1.807) is 6.07 Å². The minimum absolute atomic E-state index is 0.112. The molecule has 3 rings (SSSR count). The van der Waals surface area contributed by atoms with Crippen LogP contribution in [0.25, 0.3) is 10.9 Å². The van der Waals surface area contributed by atoms with Crippen LogP contribution in [0.15, 0.2) is 48.5 Å². The van der Waals surface area contributed by atoms with Crippen LogP contribution in [0.5, 0.6) is 0 Å². The molecule has 23 heavy (non-hydrogen) atoms. The fourth-order valence-electron chi connectivity index (χ4n) is 2.94. The number of amides is 1. The van der Waals surface area contributed by atoms with Gasteiger partial charge in [0.05, 0.1) is 5.52 Å². The SMILES string of the molecule is Cc1cccc2cc(C(=O)NCCc3cccc(F)c3)n(C)c12. The van der Waals surface area contributed by atoms with E-state index in [0.717, 1.165) is 22.0 Å². The summed E-state index contributed by atoms with van der Waals surface area (Å²) in [6, 6.07) is 14.4. The molecule has 0 atom stereocenters. The number of benzene rings is 2. The molecule has 0 saturated heterocycles. The van der Waals surface area contributed by atoms with Crippen molar-refractivity contribution in [1.82, 2.24) is 9.88 Å². The Morgan fingerprint density at radius 3 is 2.70 bits per heavy atom. The number of halogens is 1. The molecule has 0 aliphatic carbocycles. The van der Waals surface area contributed by atoms with E-state index in [-0.39, 0.29) is 11.7 Å². The average molecular weight is 310 g/mol. The number of carbonyl (C=O) groups excluding carboxylic acids is 1. The topological polar surface area (TPSA) is 34.0 Å². The van der Waals surface area contributed by atoms with Crippen LogP contribution in [-0.4, -0.2) is 17.0 Å². The molecule has 0 aliphatic rings. The molecule has 1 N–H and O–H groups in total. The maximum absolute atomic E-state index is 13.1. The van der Waals surface area contributed by atoms with Gasteiger partial charge in [-0.05, 0) is 42.7 Å². The Morgan fingerprint density at radius 2 is 1.96 bits per heavy atom. The summed E-state index contributed by atoms with van der Waals surface area (Å²) in [5.41, 5.74) is 3.72. The van der Waals surface area contributed by atoms with Crippen LogP contribution in [0, 0.1) is 12.7 Å². The van der Waals surface area contributed by atoms with Gasteiger partial charge >= 0.3 is 0 Å². The van der Waals surface area contributed by atoms with Gasteiger partial charge in [-0.25, -0.2) is 4.39 Å². The number of nitrogens with one attached hydrogen (secondary N) is 1. The summed E-state index contributed by atoms with van der Waals surface area (Å²) < 4.78 is 15.1. The number of carbonyl (C=O) groups is 1. The Kier molecular flexibility index (Phi) is 4.15. The molecule has 0 saturated carbocycles. The van der Waals surface area contributed by atoms with E-state index in [1.165, 1.54) is 12.1 Å². The molecule has 3 nitrogen and oxygen atoms in total. The summed E-state index contributed by atoms with van der Waals surface area (Å²) in [7, 11) is 1.90. The van der Waals surface area contributed by atoms with Crippen molar-refractivity contribution in [3.8, 4) is 0 Å². The Morgan fingerprint density at radius 1 is 1.17 bits per heavy atom. The minimum atomic E-state index is -0.252. The molecular formula is C19H19FN2O. The van der Waals surface area contributed by atoms with Crippen molar-refractivity contribution in [3.05, 3.63) is 71.2 Å². The molecule has 2 aromatic carbocycles.